The number of carboxylic acid groups (broad SMARTS) is 1. The van der Waals surface area contributed by atoms with Gasteiger partial charge in [-0.3, -0.25) is 4.79 Å². The highest BCUT2D eigenvalue weighted by Gasteiger charge is 2.24. The van der Waals surface area contributed by atoms with Crippen molar-refractivity contribution in [2.45, 2.75) is 11.8 Å². The molecule has 0 fully saturated rings. The van der Waals surface area contributed by atoms with E-state index in [9.17, 15) is 9.59 Å². The summed E-state index contributed by atoms with van der Waals surface area (Å²) in [6.07, 6.45) is 1.80. The highest BCUT2D eigenvalue weighted by Crippen LogP contribution is 2.14. The Kier molecular flexibility index (Phi) is 3.07. The molecule has 0 bridgehead atoms. The topological polar surface area (TPSA) is 80.4 Å². The second kappa shape index (κ2) is 3.39. The zero-order valence-corrected chi connectivity index (χ0v) is 6.63. The van der Waals surface area contributed by atoms with Crippen LogP contribution < -0.4 is 5.73 Å². The summed E-state index contributed by atoms with van der Waals surface area (Å²) in [5.74, 6) is -1.95. The fourth-order valence-electron chi connectivity index (χ4n) is 0.310. The zero-order valence-electron chi connectivity index (χ0n) is 5.87. The van der Waals surface area contributed by atoms with Crippen molar-refractivity contribution in [1.82, 2.24) is 0 Å². The first-order valence-corrected chi connectivity index (χ1v) is 3.15. The number of carbonyl (C=O) groups excluding carboxylic acids is 1. The molecule has 0 aromatic carbocycles. The van der Waals surface area contributed by atoms with Gasteiger partial charge >= 0.3 is 5.97 Å². The van der Waals surface area contributed by atoms with Crippen LogP contribution >= 0.6 is 11.6 Å². The Morgan fingerprint density at radius 3 is 2.36 bits per heavy atom. The lowest BCUT2D eigenvalue weighted by Gasteiger charge is -2.10. The van der Waals surface area contributed by atoms with E-state index >= 15 is 0 Å². The molecule has 0 rings (SSSR count). The van der Waals surface area contributed by atoms with Crippen molar-refractivity contribution in [3.8, 4) is 0 Å². The van der Waals surface area contributed by atoms with Crippen molar-refractivity contribution in [3.63, 3.8) is 0 Å². The molecule has 5 heteroatoms. The van der Waals surface area contributed by atoms with Gasteiger partial charge in [-0.15, -0.1) is 11.6 Å². The molecule has 62 valence electrons. The quantitative estimate of drug-likeness (QED) is 0.474. The Hall–Kier alpha value is -1.03. The second-order valence-corrected chi connectivity index (χ2v) is 2.90. The molecule has 11 heavy (non-hydrogen) atoms. The lowest BCUT2D eigenvalue weighted by atomic mass is 10.1. The lowest BCUT2D eigenvalue weighted by molar-refractivity contribution is -0.131. The average molecular weight is 178 g/mol. The number of alkyl halides is 1. The fraction of sp³-hybridized carbons (Fsp3) is 0.333. The summed E-state index contributed by atoms with van der Waals surface area (Å²) >= 11 is 5.49. The maximum atomic E-state index is 10.5. The van der Waals surface area contributed by atoms with E-state index in [1.54, 1.807) is 0 Å². The molecule has 0 aromatic heterocycles. The van der Waals surface area contributed by atoms with Crippen LogP contribution in [0.2, 0.25) is 0 Å². The molecular formula is C6H8ClNO3. The first-order chi connectivity index (χ1) is 4.86. The van der Waals surface area contributed by atoms with E-state index in [-0.39, 0.29) is 0 Å². The predicted molar refractivity (Wildman–Crippen MR) is 40.2 cm³/mol. The standard InChI is InChI=1S/C6H8ClNO3/c1-6(7,5(8)11)3-2-4(9)10/h2-3H,1H3,(H2,8,11)(H,9,10). The van der Waals surface area contributed by atoms with E-state index in [4.69, 9.17) is 22.4 Å². The summed E-state index contributed by atoms with van der Waals surface area (Å²) in [6.45, 7) is 1.32. The predicted octanol–water partition coefficient (Wildman–Crippen LogP) is 0.110. The number of primary amides is 1. The smallest absolute Gasteiger partial charge is 0.328 e. The summed E-state index contributed by atoms with van der Waals surface area (Å²) in [5, 5.41) is 8.16. The van der Waals surface area contributed by atoms with Gasteiger partial charge in [-0.05, 0) is 13.0 Å². The van der Waals surface area contributed by atoms with Crippen LogP contribution in [-0.4, -0.2) is 21.9 Å². The Morgan fingerprint density at radius 1 is 1.64 bits per heavy atom. The monoisotopic (exact) mass is 177 g/mol. The van der Waals surface area contributed by atoms with Crippen LogP contribution in [0.3, 0.4) is 0 Å². The first-order valence-electron chi connectivity index (χ1n) is 2.77. The molecule has 1 amide bonds. The molecule has 4 nitrogen and oxygen atoms in total. The van der Waals surface area contributed by atoms with Gasteiger partial charge in [-0.2, -0.15) is 0 Å². The van der Waals surface area contributed by atoms with Gasteiger partial charge in [-0.25, -0.2) is 4.79 Å². The molecule has 0 saturated carbocycles. The normalized spacial score (nSPS) is 16.2. The third-order valence-electron chi connectivity index (χ3n) is 1.02. The van der Waals surface area contributed by atoms with Crippen LogP contribution in [0.1, 0.15) is 6.92 Å². The minimum absolute atomic E-state index is 0.776. The molecule has 0 saturated heterocycles. The van der Waals surface area contributed by atoms with E-state index < -0.39 is 16.8 Å². The van der Waals surface area contributed by atoms with Gasteiger partial charge in [0.1, 0.15) is 4.87 Å². The van der Waals surface area contributed by atoms with E-state index in [1.165, 1.54) is 6.92 Å². The largest absolute Gasteiger partial charge is 0.478 e. The Labute approximate surface area is 68.6 Å². The van der Waals surface area contributed by atoms with Gasteiger partial charge in [0, 0.05) is 6.08 Å². The number of halogens is 1. The highest BCUT2D eigenvalue weighted by atomic mass is 35.5. The summed E-state index contributed by atoms with van der Waals surface area (Å²) in [4.78, 5) is 19.0. The van der Waals surface area contributed by atoms with Gasteiger partial charge in [-0.1, -0.05) is 0 Å². The van der Waals surface area contributed by atoms with E-state index in [2.05, 4.69) is 0 Å². The summed E-state index contributed by atoms with van der Waals surface area (Å²) in [6, 6.07) is 0. The minimum Gasteiger partial charge on any atom is -0.478 e. The van der Waals surface area contributed by atoms with Gasteiger partial charge in [0.05, 0.1) is 0 Å². The van der Waals surface area contributed by atoms with Gasteiger partial charge in [0.2, 0.25) is 5.91 Å². The first kappa shape index (κ1) is 9.97. The molecule has 0 aliphatic carbocycles. The van der Waals surface area contributed by atoms with Crippen molar-refractivity contribution in [2.24, 2.45) is 5.73 Å². The number of rotatable bonds is 3. The lowest BCUT2D eigenvalue weighted by Crippen LogP contribution is -2.33. The molecule has 0 aliphatic rings. The summed E-state index contributed by atoms with van der Waals surface area (Å²) in [5.41, 5.74) is 4.84. The van der Waals surface area contributed by atoms with E-state index in [0.29, 0.717) is 0 Å². The van der Waals surface area contributed by atoms with Crippen LogP contribution in [0, 0.1) is 0 Å². The highest BCUT2D eigenvalue weighted by molar-refractivity contribution is 6.36. The van der Waals surface area contributed by atoms with Crippen LogP contribution in [0.25, 0.3) is 0 Å². The number of carbonyl (C=O) groups is 2. The van der Waals surface area contributed by atoms with E-state index in [1.807, 2.05) is 0 Å². The van der Waals surface area contributed by atoms with Crippen LogP contribution in [-0.2, 0) is 9.59 Å². The van der Waals surface area contributed by atoms with Gasteiger partial charge in [0.25, 0.3) is 0 Å². The van der Waals surface area contributed by atoms with Crippen molar-refractivity contribution < 1.29 is 14.7 Å². The van der Waals surface area contributed by atoms with Crippen LogP contribution in [0.15, 0.2) is 12.2 Å². The third kappa shape index (κ3) is 3.62. The zero-order chi connectivity index (χ0) is 9.07. The van der Waals surface area contributed by atoms with Crippen molar-refractivity contribution in [1.29, 1.82) is 0 Å². The summed E-state index contributed by atoms with van der Waals surface area (Å²) < 4.78 is 0. The third-order valence-corrected chi connectivity index (χ3v) is 1.33. The Balaban J connectivity index is 4.35. The molecule has 0 radical (unpaired) electrons. The van der Waals surface area contributed by atoms with Gasteiger partial charge in [0.15, 0.2) is 0 Å². The maximum absolute atomic E-state index is 10.5. The fourth-order valence-corrected chi connectivity index (χ4v) is 0.373. The van der Waals surface area contributed by atoms with Crippen molar-refractivity contribution in [2.75, 3.05) is 0 Å². The second-order valence-electron chi connectivity index (χ2n) is 2.11. The molecular weight excluding hydrogens is 170 g/mol. The molecule has 1 atom stereocenters. The van der Waals surface area contributed by atoms with E-state index in [0.717, 1.165) is 12.2 Å². The number of aliphatic carboxylic acids is 1. The minimum atomic E-state index is -1.42. The van der Waals surface area contributed by atoms with Crippen LogP contribution in [0.4, 0.5) is 0 Å². The summed E-state index contributed by atoms with van der Waals surface area (Å²) in [7, 11) is 0. The van der Waals surface area contributed by atoms with Crippen molar-refractivity contribution in [3.05, 3.63) is 12.2 Å². The van der Waals surface area contributed by atoms with Gasteiger partial charge < -0.3 is 10.8 Å². The molecule has 0 spiro atoms. The maximum Gasteiger partial charge on any atom is 0.328 e. The average Bonchev–Trinajstić information content (AvgIpc) is 1.84. The number of hydrogen-bond donors (Lipinski definition) is 2. The molecule has 0 aliphatic heterocycles. The molecule has 0 heterocycles. The van der Waals surface area contributed by atoms with Crippen molar-refractivity contribution >= 4 is 23.5 Å². The molecule has 1 unspecified atom stereocenters. The van der Waals surface area contributed by atoms with Crippen LogP contribution in [0.5, 0.6) is 0 Å². The SMILES string of the molecule is CC(Cl)(C=CC(=O)O)C(N)=O. The number of carboxylic acids is 1. The molecule has 0 aromatic rings. The molecule has 3 N–H and O–H groups in total. The number of hydrogen-bond acceptors (Lipinski definition) is 2. The number of amides is 1. The Bertz CT molecular complexity index is 210. The number of nitrogens with two attached hydrogens (primary N) is 1. The Morgan fingerprint density at radius 2 is 2.09 bits per heavy atom.